The second-order valence-corrected chi connectivity index (χ2v) is 4.47. The number of nitrogens with one attached hydrogen (secondary N) is 1. The number of aromatic amines is 1. The van der Waals surface area contributed by atoms with Crippen molar-refractivity contribution in [2.75, 3.05) is 0 Å². The third-order valence-electron chi connectivity index (χ3n) is 3.20. The van der Waals surface area contributed by atoms with Crippen LogP contribution in [0.4, 0.5) is 0 Å². The molecule has 0 saturated carbocycles. The number of hydrogen-bond donors (Lipinski definition) is 2. The molecule has 0 fully saturated rings. The van der Waals surface area contributed by atoms with E-state index in [1.807, 2.05) is 24.4 Å². The minimum Gasteiger partial charge on any atom is -0.364 e. The van der Waals surface area contributed by atoms with Crippen LogP contribution in [0.15, 0.2) is 42.6 Å². The van der Waals surface area contributed by atoms with E-state index in [0.29, 0.717) is 0 Å². The lowest BCUT2D eigenvalue weighted by molar-refractivity contribution is 0.0995. The van der Waals surface area contributed by atoms with Crippen molar-refractivity contribution in [3.8, 4) is 11.3 Å². The van der Waals surface area contributed by atoms with Crippen molar-refractivity contribution in [1.82, 2.24) is 9.97 Å². The molecule has 2 heterocycles. The molecule has 4 nitrogen and oxygen atoms in total. The van der Waals surface area contributed by atoms with Crippen LogP contribution in [0.25, 0.3) is 22.2 Å². The first kappa shape index (κ1) is 11.5. The first-order valence-corrected chi connectivity index (χ1v) is 6.01. The maximum Gasteiger partial charge on any atom is 0.267 e. The Morgan fingerprint density at radius 1 is 1.21 bits per heavy atom. The van der Waals surface area contributed by atoms with Crippen LogP contribution in [0.1, 0.15) is 16.1 Å². The second-order valence-electron chi connectivity index (χ2n) is 4.47. The molecular weight excluding hydrogens is 238 g/mol. The van der Waals surface area contributed by atoms with Gasteiger partial charge in [0.05, 0.1) is 5.69 Å². The van der Waals surface area contributed by atoms with Gasteiger partial charge in [-0.1, -0.05) is 24.3 Å². The van der Waals surface area contributed by atoms with Gasteiger partial charge in [0, 0.05) is 22.7 Å². The summed E-state index contributed by atoms with van der Waals surface area (Å²) >= 11 is 0. The molecule has 0 unspecified atom stereocenters. The van der Waals surface area contributed by atoms with Crippen molar-refractivity contribution in [1.29, 1.82) is 0 Å². The molecule has 1 aromatic carbocycles. The van der Waals surface area contributed by atoms with E-state index in [0.717, 1.165) is 22.2 Å². The normalized spacial score (nSPS) is 10.8. The highest BCUT2D eigenvalue weighted by molar-refractivity contribution is 5.97. The standard InChI is InChI=1S/C15H13N3O/c1-9-4-2-5-10-11(8-17-14(9)10)12-6-3-7-13(18-12)15(16)19/h2-8,17H,1H3,(H2,16,19). The highest BCUT2D eigenvalue weighted by atomic mass is 16.1. The zero-order valence-electron chi connectivity index (χ0n) is 10.5. The third kappa shape index (κ3) is 1.87. The summed E-state index contributed by atoms with van der Waals surface area (Å²) < 4.78 is 0. The van der Waals surface area contributed by atoms with Crippen LogP contribution >= 0.6 is 0 Å². The minimum atomic E-state index is -0.516. The number of carbonyl (C=O) groups excluding carboxylic acids is 1. The van der Waals surface area contributed by atoms with Crippen LogP contribution in [-0.4, -0.2) is 15.9 Å². The summed E-state index contributed by atoms with van der Waals surface area (Å²) in [6.45, 7) is 2.05. The van der Waals surface area contributed by atoms with Gasteiger partial charge in [-0.3, -0.25) is 4.79 Å². The van der Waals surface area contributed by atoms with E-state index in [-0.39, 0.29) is 5.69 Å². The highest BCUT2D eigenvalue weighted by Gasteiger charge is 2.10. The van der Waals surface area contributed by atoms with Crippen molar-refractivity contribution in [3.63, 3.8) is 0 Å². The third-order valence-corrected chi connectivity index (χ3v) is 3.20. The Morgan fingerprint density at radius 3 is 2.79 bits per heavy atom. The number of pyridine rings is 1. The molecule has 0 aliphatic heterocycles. The molecule has 0 saturated heterocycles. The summed E-state index contributed by atoms with van der Waals surface area (Å²) in [5, 5.41) is 1.09. The molecule has 4 heteroatoms. The predicted octanol–water partition coefficient (Wildman–Crippen LogP) is 2.64. The fraction of sp³-hybridized carbons (Fsp3) is 0.0667. The number of amides is 1. The number of primary amides is 1. The van der Waals surface area contributed by atoms with E-state index < -0.39 is 5.91 Å². The highest BCUT2D eigenvalue weighted by Crippen LogP contribution is 2.28. The van der Waals surface area contributed by atoms with E-state index in [9.17, 15) is 4.79 Å². The molecule has 0 aliphatic carbocycles. The van der Waals surface area contributed by atoms with Gasteiger partial charge < -0.3 is 10.7 Å². The Morgan fingerprint density at radius 2 is 2.00 bits per heavy atom. The molecule has 0 aliphatic rings. The summed E-state index contributed by atoms with van der Waals surface area (Å²) in [7, 11) is 0. The van der Waals surface area contributed by atoms with Gasteiger partial charge in [-0.15, -0.1) is 0 Å². The smallest absolute Gasteiger partial charge is 0.267 e. The van der Waals surface area contributed by atoms with Crippen LogP contribution in [-0.2, 0) is 0 Å². The molecule has 3 aromatic rings. The molecule has 0 bridgehead atoms. The van der Waals surface area contributed by atoms with Gasteiger partial charge in [0.15, 0.2) is 0 Å². The summed E-state index contributed by atoms with van der Waals surface area (Å²) in [4.78, 5) is 18.7. The first-order chi connectivity index (χ1) is 9.16. The summed E-state index contributed by atoms with van der Waals surface area (Å²) in [6, 6.07) is 11.4. The Labute approximate surface area is 110 Å². The molecule has 1 amide bonds. The zero-order chi connectivity index (χ0) is 13.4. The lowest BCUT2D eigenvalue weighted by Crippen LogP contribution is -2.12. The number of para-hydroxylation sites is 1. The number of nitrogens with zero attached hydrogens (tertiary/aromatic N) is 1. The molecule has 0 spiro atoms. The number of nitrogens with two attached hydrogens (primary N) is 1. The van der Waals surface area contributed by atoms with Gasteiger partial charge in [-0.2, -0.15) is 0 Å². The minimum absolute atomic E-state index is 0.277. The number of rotatable bonds is 2. The number of aryl methyl sites for hydroxylation is 1. The average molecular weight is 251 g/mol. The Kier molecular flexibility index (Phi) is 2.56. The second kappa shape index (κ2) is 4.24. The van der Waals surface area contributed by atoms with Gasteiger partial charge in [-0.25, -0.2) is 4.98 Å². The molecule has 0 radical (unpaired) electrons. The van der Waals surface area contributed by atoms with Gasteiger partial charge in [-0.05, 0) is 24.6 Å². The van der Waals surface area contributed by atoms with Crippen molar-refractivity contribution >= 4 is 16.8 Å². The number of fused-ring (bicyclic) bond motifs is 1. The zero-order valence-corrected chi connectivity index (χ0v) is 10.5. The monoisotopic (exact) mass is 251 g/mol. The molecule has 3 rings (SSSR count). The molecule has 94 valence electrons. The van der Waals surface area contributed by atoms with E-state index in [1.54, 1.807) is 12.1 Å². The van der Waals surface area contributed by atoms with Crippen molar-refractivity contribution in [2.24, 2.45) is 5.73 Å². The van der Waals surface area contributed by atoms with Gasteiger partial charge in [0.1, 0.15) is 5.69 Å². The number of carbonyl (C=O) groups is 1. The molecule has 19 heavy (non-hydrogen) atoms. The van der Waals surface area contributed by atoms with E-state index >= 15 is 0 Å². The lowest BCUT2D eigenvalue weighted by Gasteiger charge is -2.01. The van der Waals surface area contributed by atoms with Crippen molar-refractivity contribution in [2.45, 2.75) is 6.92 Å². The fourth-order valence-corrected chi connectivity index (χ4v) is 2.24. The SMILES string of the molecule is Cc1cccc2c(-c3cccc(C(N)=O)n3)c[nH]c12. The molecular formula is C15H13N3O. The van der Waals surface area contributed by atoms with Gasteiger partial charge in [0.25, 0.3) is 5.91 Å². The predicted molar refractivity (Wildman–Crippen MR) is 74.8 cm³/mol. The molecule has 2 aromatic heterocycles. The van der Waals surface area contributed by atoms with Crippen molar-refractivity contribution < 1.29 is 4.79 Å². The lowest BCUT2D eigenvalue weighted by atomic mass is 10.1. The Balaban J connectivity index is 2.22. The van der Waals surface area contributed by atoms with E-state index in [1.165, 1.54) is 5.56 Å². The van der Waals surface area contributed by atoms with Crippen LogP contribution < -0.4 is 5.73 Å². The number of hydrogen-bond acceptors (Lipinski definition) is 2. The van der Waals surface area contributed by atoms with E-state index in [2.05, 4.69) is 23.0 Å². The topological polar surface area (TPSA) is 71.8 Å². The van der Waals surface area contributed by atoms with Gasteiger partial charge >= 0.3 is 0 Å². The number of H-pyrrole nitrogens is 1. The van der Waals surface area contributed by atoms with Crippen LogP contribution in [0, 0.1) is 6.92 Å². The first-order valence-electron chi connectivity index (χ1n) is 6.01. The summed E-state index contributed by atoms with van der Waals surface area (Å²) in [6.07, 6.45) is 1.91. The molecule has 0 atom stereocenters. The maximum absolute atomic E-state index is 11.2. The largest absolute Gasteiger partial charge is 0.364 e. The van der Waals surface area contributed by atoms with Crippen LogP contribution in [0.5, 0.6) is 0 Å². The molecule has 3 N–H and O–H groups in total. The summed E-state index contributed by atoms with van der Waals surface area (Å²) in [5.41, 5.74) is 9.52. The Bertz CT molecular complexity index is 774. The number of aromatic nitrogens is 2. The Hall–Kier alpha value is -2.62. The van der Waals surface area contributed by atoms with Crippen molar-refractivity contribution in [3.05, 3.63) is 53.9 Å². The van der Waals surface area contributed by atoms with E-state index in [4.69, 9.17) is 5.73 Å². The number of benzene rings is 1. The quantitative estimate of drug-likeness (QED) is 0.735. The average Bonchev–Trinajstić information content (AvgIpc) is 2.84. The summed E-state index contributed by atoms with van der Waals surface area (Å²) in [5.74, 6) is -0.516. The fourth-order valence-electron chi connectivity index (χ4n) is 2.24. The van der Waals surface area contributed by atoms with Crippen LogP contribution in [0.2, 0.25) is 0 Å². The van der Waals surface area contributed by atoms with Crippen LogP contribution in [0.3, 0.4) is 0 Å². The van der Waals surface area contributed by atoms with Gasteiger partial charge in [0.2, 0.25) is 0 Å². The maximum atomic E-state index is 11.2.